The van der Waals surface area contributed by atoms with Crippen LogP contribution in [0.3, 0.4) is 0 Å². The fourth-order valence-corrected chi connectivity index (χ4v) is 3.14. The number of nitro benzene ring substituents is 1. The summed E-state index contributed by atoms with van der Waals surface area (Å²) < 4.78 is 1.91. The van der Waals surface area contributed by atoms with Gasteiger partial charge in [-0.3, -0.25) is 14.9 Å². The van der Waals surface area contributed by atoms with E-state index in [0.29, 0.717) is 44.7 Å². The molecule has 1 N–H and O–H groups in total. The number of anilines is 1. The highest BCUT2D eigenvalue weighted by molar-refractivity contribution is 5.79. The summed E-state index contributed by atoms with van der Waals surface area (Å²) in [4.78, 5) is 29.0. The predicted octanol–water partition coefficient (Wildman–Crippen LogP) is 1.82. The molecular weight excluding hydrogens is 322 g/mol. The van der Waals surface area contributed by atoms with Gasteiger partial charge in [-0.25, -0.2) is 4.98 Å². The second kappa shape index (κ2) is 7.78. The third-order valence-corrected chi connectivity index (χ3v) is 4.51. The molecule has 2 heterocycles. The fraction of sp³-hybridized carbons (Fsp3) is 0.412. The molecule has 1 aromatic heterocycles. The molecule has 1 aliphatic rings. The van der Waals surface area contributed by atoms with E-state index < -0.39 is 0 Å². The summed E-state index contributed by atoms with van der Waals surface area (Å²) in [5.74, 6) is 0.0177. The Balaban J connectivity index is 1.50. The van der Waals surface area contributed by atoms with Crippen molar-refractivity contribution in [3.05, 3.63) is 53.1 Å². The van der Waals surface area contributed by atoms with Crippen molar-refractivity contribution >= 4 is 17.3 Å². The van der Waals surface area contributed by atoms with Crippen molar-refractivity contribution in [2.75, 3.05) is 24.5 Å². The zero-order valence-corrected chi connectivity index (χ0v) is 13.9. The molecule has 25 heavy (non-hydrogen) atoms. The number of nitrogens with one attached hydrogen (secondary N) is 1. The number of imidazole rings is 1. The van der Waals surface area contributed by atoms with E-state index in [1.54, 1.807) is 30.7 Å². The largest absolute Gasteiger partial charge is 0.366 e. The molecule has 1 amide bonds. The molecule has 1 saturated heterocycles. The number of hydrogen-bond acceptors (Lipinski definition) is 5. The second-order valence-corrected chi connectivity index (χ2v) is 6.10. The lowest BCUT2D eigenvalue weighted by Gasteiger charge is -2.32. The summed E-state index contributed by atoms with van der Waals surface area (Å²) >= 11 is 0. The molecule has 0 atom stereocenters. The van der Waals surface area contributed by atoms with Crippen LogP contribution in [0.15, 0.2) is 43.0 Å². The van der Waals surface area contributed by atoms with Crippen molar-refractivity contribution in [3.8, 4) is 0 Å². The number of piperidine rings is 1. The molecule has 0 spiro atoms. The topological polar surface area (TPSA) is 93.3 Å². The molecule has 0 radical (unpaired) electrons. The molecule has 0 saturated carbocycles. The van der Waals surface area contributed by atoms with Gasteiger partial charge >= 0.3 is 0 Å². The summed E-state index contributed by atoms with van der Waals surface area (Å²) in [6.45, 7) is 2.55. The molecule has 132 valence electrons. The molecule has 1 aromatic carbocycles. The number of hydrogen-bond donors (Lipinski definition) is 1. The molecule has 8 nitrogen and oxygen atoms in total. The van der Waals surface area contributed by atoms with Crippen molar-refractivity contribution < 1.29 is 9.72 Å². The number of carbonyl (C=O) groups is 1. The standard InChI is InChI=1S/C17H21N5O3/c23-17(19-8-12-20-11-7-18-13-20)14-5-9-21(10-6-14)15-3-1-2-4-16(15)22(24)25/h1-4,7,11,13-14H,5-6,8-10,12H2,(H,19,23). The van der Waals surface area contributed by atoms with Gasteiger partial charge in [-0.05, 0) is 18.9 Å². The molecule has 0 aliphatic carbocycles. The Morgan fingerprint density at radius 3 is 2.76 bits per heavy atom. The number of nitrogens with zero attached hydrogens (tertiary/aromatic N) is 4. The Morgan fingerprint density at radius 1 is 1.32 bits per heavy atom. The fourth-order valence-electron chi connectivity index (χ4n) is 3.14. The average Bonchev–Trinajstić information content (AvgIpc) is 3.15. The van der Waals surface area contributed by atoms with E-state index in [2.05, 4.69) is 10.3 Å². The zero-order chi connectivity index (χ0) is 17.6. The minimum atomic E-state index is -0.357. The zero-order valence-electron chi connectivity index (χ0n) is 13.9. The van der Waals surface area contributed by atoms with Crippen LogP contribution in [0.1, 0.15) is 12.8 Å². The van der Waals surface area contributed by atoms with Crippen LogP contribution in [-0.4, -0.2) is 40.0 Å². The summed E-state index contributed by atoms with van der Waals surface area (Å²) in [6, 6.07) is 6.76. The molecule has 8 heteroatoms. The lowest BCUT2D eigenvalue weighted by Crippen LogP contribution is -2.41. The SMILES string of the molecule is O=C(NCCn1ccnc1)C1CCN(c2ccccc2[N+](=O)[O-])CC1. The van der Waals surface area contributed by atoms with E-state index in [1.807, 2.05) is 15.7 Å². The highest BCUT2D eigenvalue weighted by atomic mass is 16.6. The third kappa shape index (κ3) is 4.14. The van der Waals surface area contributed by atoms with E-state index >= 15 is 0 Å². The van der Waals surface area contributed by atoms with Gasteiger partial charge in [-0.15, -0.1) is 0 Å². The van der Waals surface area contributed by atoms with Gasteiger partial charge in [0.25, 0.3) is 5.69 Å². The Kier molecular flexibility index (Phi) is 5.27. The molecule has 0 bridgehead atoms. The van der Waals surface area contributed by atoms with Crippen LogP contribution in [-0.2, 0) is 11.3 Å². The molecule has 0 unspecified atom stereocenters. The first-order valence-corrected chi connectivity index (χ1v) is 8.37. The Hall–Kier alpha value is -2.90. The minimum Gasteiger partial charge on any atom is -0.366 e. The average molecular weight is 343 g/mol. The second-order valence-electron chi connectivity index (χ2n) is 6.10. The Labute approximate surface area is 145 Å². The lowest BCUT2D eigenvalue weighted by molar-refractivity contribution is -0.384. The quantitative estimate of drug-likeness (QED) is 0.638. The normalized spacial score (nSPS) is 15.1. The third-order valence-electron chi connectivity index (χ3n) is 4.51. The van der Waals surface area contributed by atoms with Gasteiger partial charge in [0, 0.05) is 50.6 Å². The summed E-state index contributed by atoms with van der Waals surface area (Å²) in [5, 5.41) is 14.1. The van der Waals surface area contributed by atoms with E-state index in [4.69, 9.17) is 0 Å². The smallest absolute Gasteiger partial charge is 0.292 e. The maximum Gasteiger partial charge on any atom is 0.292 e. The van der Waals surface area contributed by atoms with Gasteiger partial charge in [-0.1, -0.05) is 12.1 Å². The highest BCUT2D eigenvalue weighted by Gasteiger charge is 2.27. The molecule has 3 rings (SSSR count). The van der Waals surface area contributed by atoms with Gasteiger partial charge in [0.15, 0.2) is 0 Å². The van der Waals surface area contributed by atoms with Gasteiger partial charge < -0.3 is 14.8 Å². The summed E-state index contributed by atoms with van der Waals surface area (Å²) in [7, 11) is 0. The minimum absolute atomic E-state index is 0.0400. The van der Waals surface area contributed by atoms with Crippen molar-refractivity contribution in [1.29, 1.82) is 0 Å². The first-order chi connectivity index (χ1) is 12.1. The number of aromatic nitrogens is 2. The first-order valence-electron chi connectivity index (χ1n) is 8.37. The van der Waals surface area contributed by atoms with Gasteiger partial charge in [0.1, 0.15) is 5.69 Å². The maximum absolute atomic E-state index is 12.3. The number of para-hydroxylation sites is 2. The van der Waals surface area contributed by atoms with Crippen molar-refractivity contribution in [1.82, 2.24) is 14.9 Å². The lowest BCUT2D eigenvalue weighted by atomic mass is 9.95. The summed E-state index contributed by atoms with van der Waals surface area (Å²) in [6.07, 6.45) is 6.68. The van der Waals surface area contributed by atoms with E-state index in [9.17, 15) is 14.9 Å². The number of carbonyl (C=O) groups excluding carboxylic acids is 1. The molecular formula is C17H21N5O3. The van der Waals surface area contributed by atoms with Gasteiger partial charge in [0.05, 0.1) is 11.3 Å². The van der Waals surface area contributed by atoms with Crippen LogP contribution in [0.2, 0.25) is 0 Å². The van der Waals surface area contributed by atoms with Crippen LogP contribution in [0.5, 0.6) is 0 Å². The molecule has 1 fully saturated rings. The number of amides is 1. The van der Waals surface area contributed by atoms with Crippen LogP contribution < -0.4 is 10.2 Å². The van der Waals surface area contributed by atoms with Crippen molar-refractivity contribution in [2.24, 2.45) is 5.92 Å². The summed E-state index contributed by atoms with van der Waals surface area (Å²) in [5.41, 5.74) is 0.747. The van der Waals surface area contributed by atoms with Crippen LogP contribution >= 0.6 is 0 Å². The highest BCUT2D eigenvalue weighted by Crippen LogP contribution is 2.31. The Bertz CT molecular complexity index is 724. The Morgan fingerprint density at radius 2 is 2.08 bits per heavy atom. The number of nitro groups is 1. The van der Waals surface area contributed by atoms with Gasteiger partial charge in [0.2, 0.25) is 5.91 Å². The molecule has 2 aromatic rings. The van der Waals surface area contributed by atoms with E-state index in [1.165, 1.54) is 6.07 Å². The van der Waals surface area contributed by atoms with Crippen molar-refractivity contribution in [3.63, 3.8) is 0 Å². The predicted molar refractivity (Wildman–Crippen MR) is 93.3 cm³/mol. The number of benzene rings is 1. The maximum atomic E-state index is 12.3. The number of rotatable bonds is 6. The van der Waals surface area contributed by atoms with E-state index in [-0.39, 0.29) is 22.4 Å². The van der Waals surface area contributed by atoms with Crippen molar-refractivity contribution in [2.45, 2.75) is 19.4 Å². The monoisotopic (exact) mass is 343 g/mol. The van der Waals surface area contributed by atoms with Crippen LogP contribution in [0, 0.1) is 16.0 Å². The van der Waals surface area contributed by atoms with Crippen LogP contribution in [0.4, 0.5) is 11.4 Å². The molecule has 1 aliphatic heterocycles. The first kappa shape index (κ1) is 16.9. The van der Waals surface area contributed by atoms with Gasteiger partial charge in [-0.2, -0.15) is 0 Å². The van der Waals surface area contributed by atoms with Crippen LogP contribution in [0.25, 0.3) is 0 Å². The van der Waals surface area contributed by atoms with E-state index in [0.717, 1.165) is 0 Å².